The van der Waals surface area contributed by atoms with Crippen LogP contribution in [-0.4, -0.2) is 26.3 Å². The first-order valence-corrected chi connectivity index (χ1v) is 9.37. The molecule has 124 valence electrons. The fourth-order valence-corrected chi connectivity index (χ4v) is 4.44. The van der Waals surface area contributed by atoms with Crippen LogP contribution in [0, 0.1) is 0 Å². The third-order valence-corrected chi connectivity index (χ3v) is 5.64. The number of esters is 1. The Hall–Kier alpha value is -1.10. The van der Waals surface area contributed by atoms with Crippen LogP contribution in [0.4, 0.5) is 0 Å². The molecule has 0 N–H and O–H groups in total. The van der Waals surface area contributed by atoms with E-state index < -0.39 is 13.6 Å². The van der Waals surface area contributed by atoms with Crippen LogP contribution in [0.2, 0.25) is 0 Å². The van der Waals surface area contributed by atoms with E-state index in [9.17, 15) is 9.36 Å². The standard InChI is InChI=1S/C15H23O6P/c1-4-19-22(17,20-5-2)10-13-11-8-6-7-9-12(11)14(21-13)15(16)18-3/h4-10H2,1-3H3. The summed E-state index contributed by atoms with van der Waals surface area (Å²) in [7, 11) is -1.93. The average Bonchev–Trinajstić information content (AvgIpc) is 2.85. The summed E-state index contributed by atoms with van der Waals surface area (Å²) < 4.78 is 33.8. The van der Waals surface area contributed by atoms with Gasteiger partial charge in [-0.3, -0.25) is 4.57 Å². The van der Waals surface area contributed by atoms with E-state index in [1.54, 1.807) is 13.8 Å². The van der Waals surface area contributed by atoms with E-state index in [2.05, 4.69) is 0 Å². The van der Waals surface area contributed by atoms with Crippen molar-refractivity contribution in [2.24, 2.45) is 0 Å². The second-order valence-electron chi connectivity index (χ2n) is 5.11. The number of carbonyl (C=O) groups excluding carboxylic acids is 1. The van der Waals surface area contributed by atoms with Gasteiger partial charge in [-0.15, -0.1) is 0 Å². The van der Waals surface area contributed by atoms with Crippen molar-refractivity contribution in [2.75, 3.05) is 20.3 Å². The molecule has 0 aliphatic heterocycles. The third-order valence-electron chi connectivity index (χ3n) is 3.66. The highest BCUT2D eigenvalue weighted by Crippen LogP contribution is 2.52. The van der Waals surface area contributed by atoms with Crippen molar-refractivity contribution in [3.63, 3.8) is 0 Å². The van der Waals surface area contributed by atoms with Crippen LogP contribution in [0.15, 0.2) is 4.42 Å². The summed E-state index contributed by atoms with van der Waals surface area (Å²) >= 11 is 0. The first-order chi connectivity index (χ1) is 10.5. The average molecular weight is 330 g/mol. The van der Waals surface area contributed by atoms with Crippen LogP contribution >= 0.6 is 7.60 Å². The van der Waals surface area contributed by atoms with Crippen LogP contribution < -0.4 is 0 Å². The molecule has 0 atom stereocenters. The maximum Gasteiger partial charge on any atom is 0.374 e. The lowest BCUT2D eigenvalue weighted by atomic mass is 9.92. The van der Waals surface area contributed by atoms with Gasteiger partial charge in [0.2, 0.25) is 5.76 Å². The van der Waals surface area contributed by atoms with Crippen LogP contribution in [0.5, 0.6) is 0 Å². The number of ether oxygens (including phenoxy) is 1. The maximum atomic E-state index is 12.7. The van der Waals surface area contributed by atoms with Crippen molar-refractivity contribution in [1.82, 2.24) is 0 Å². The lowest BCUT2D eigenvalue weighted by molar-refractivity contribution is 0.0561. The zero-order chi connectivity index (χ0) is 16.2. The minimum Gasteiger partial charge on any atom is -0.463 e. The Kier molecular flexibility index (Phi) is 5.84. The summed E-state index contributed by atoms with van der Waals surface area (Å²) in [6, 6.07) is 0. The maximum absolute atomic E-state index is 12.7. The normalized spacial score (nSPS) is 14.7. The lowest BCUT2D eigenvalue weighted by Gasteiger charge is -2.17. The zero-order valence-electron chi connectivity index (χ0n) is 13.3. The highest BCUT2D eigenvalue weighted by Gasteiger charge is 2.33. The molecule has 0 radical (unpaired) electrons. The molecule has 0 spiro atoms. The smallest absolute Gasteiger partial charge is 0.374 e. The summed E-state index contributed by atoms with van der Waals surface area (Å²) in [4.78, 5) is 11.9. The summed E-state index contributed by atoms with van der Waals surface area (Å²) in [5.41, 5.74) is 1.85. The molecule has 1 aliphatic rings. The van der Waals surface area contributed by atoms with E-state index in [0.717, 1.165) is 36.8 Å². The number of hydrogen-bond donors (Lipinski definition) is 0. The number of hydrogen-bond acceptors (Lipinski definition) is 6. The van der Waals surface area contributed by atoms with Crippen LogP contribution in [-0.2, 0) is 37.4 Å². The predicted octanol–water partition coefficient (Wildman–Crippen LogP) is 3.71. The Morgan fingerprint density at radius 2 is 1.73 bits per heavy atom. The van der Waals surface area contributed by atoms with Gasteiger partial charge in [-0.1, -0.05) is 0 Å². The second kappa shape index (κ2) is 7.44. The topological polar surface area (TPSA) is 75.0 Å². The Morgan fingerprint density at radius 1 is 1.14 bits per heavy atom. The summed E-state index contributed by atoms with van der Waals surface area (Å²) in [5, 5.41) is 0. The van der Waals surface area contributed by atoms with Gasteiger partial charge in [0.05, 0.1) is 20.3 Å². The van der Waals surface area contributed by atoms with E-state index in [1.807, 2.05) is 0 Å². The van der Waals surface area contributed by atoms with Crippen molar-refractivity contribution in [1.29, 1.82) is 0 Å². The molecule has 6 nitrogen and oxygen atoms in total. The van der Waals surface area contributed by atoms with Gasteiger partial charge in [-0.05, 0) is 45.1 Å². The number of rotatable bonds is 7. The molecule has 0 unspecified atom stereocenters. The molecule has 0 saturated heterocycles. The number of methoxy groups -OCH3 is 1. The molecule has 0 aromatic carbocycles. The SMILES string of the molecule is CCOP(=O)(Cc1oc(C(=O)OC)c2c1CCCC2)OCC. The molecule has 1 aromatic rings. The first kappa shape index (κ1) is 17.3. The molecule has 0 amide bonds. The van der Waals surface area contributed by atoms with Crippen LogP contribution in [0.1, 0.15) is 54.1 Å². The van der Waals surface area contributed by atoms with Gasteiger partial charge in [0.1, 0.15) is 11.9 Å². The molecule has 0 bridgehead atoms. The molecule has 0 saturated carbocycles. The molecule has 2 rings (SSSR count). The molecule has 1 heterocycles. The molecule has 22 heavy (non-hydrogen) atoms. The molecular formula is C15H23O6P. The van der Waals surface area contributed by atoms with E-state index in [0.29, 0.717) is 19.0 Å². The minimum atomic E-state index is -3.26. The number of furan rings is 1. The summed E-state index contributed by atoms with van der Waals surface area (Å²) in [6.45, 7) is 4.13. The second-order valence-corrected chi connectivity index (χ2v) is 7.17. The highest BCUT2D eigenvalue weighted by atomic mass is 31.2. The largest absolute Gasteiger partial charge is 0.463 e. The Bertz CT molecular complexity index is 567. The third kappa shape index (κ3) is 3.62. The van der Waals surface area contributed by atoms with Crippen molar-refractivity contribution in [3.8, 4) is 0 Å². The van der Waals surface area contributed by atoms with Crippen molar-refractivity contribution >= 4 is 13.6 Å². The van der Waals surface area contributed by atoms with Gasteiger partial charge in [0, 0.05) is 5.56 Å². The van der Waals surface area contributed by atoms with Gasteiger partial charge in [0.25, 0.3) is 0 Å². The highest BCUT2D eigenvalue weighted by molar-refractivity contribution is 7.53. The molecule has 1 aromatic heterocycles. The van der Waals surface area contributed by atoms with Gasteiger partial charge in [-0.25, -0.2) is 4.79 Å². The van der Waals surface area contributed by atoms with E-state index in [-0.39, 0.29) is 11.9 Å². The van der Waals surface area contributed by atoms with Gasteiger partial charge in [0.15, 0.2) is 0 Å². The van der Waals surface area contributed by atoms with Crippen molar-refractivity contribution in [2.45, 2.75) is 45.7 Å². The van der Waals surface area contributed by atoms with Gasteiger partial charge >= 0.3 is 13.6 Å². The Labute approximate surface area is 130 Å². The summed E-state index contributed by atoms with van der Waals surface area (Å²) in [5.74, 6) is 0.263. The monoisotopic (exact) mass is 330 g/mol. The van der Waals surface area contributed by atoms with Gasteiger partial charge < -0.3 is 18.2 Å². The fraction of sp³-hybridized carbons (Fsp3) is 0.667. The molecule has 1 aliphatic carbocycles. The number of fused-ring (bicyclic) bond motifs is 1. The quantitative estimate of drug-likeness (QED) is 0.560. The Morgan fingerprint density at radius 3 is 2.27 bits per heavy atom. The van der Waals surface area contributed by atoms with Crippen LogP contribution in [0.25, 0.3) is 0 Å². The van der Waals surface area contributed by atoms with E-state index >= 15 is 0 Å². The summed E-state index contributed by atoms with van der Waals surface area (Å²) in [6.07, 6.45) is 3.66. The lowest BCUT2D eigenvalue weighted by Crippen LogP contribution is -2.08. The van der Waals surface area contributed by atoms with Crippen molar-refractivity contribution in [3.05, 3.63) is 22.6 Å². The zero-order valence-corrected chi connectivity index (χ0v) is 14.2. The predicted molar refractivity (Wildman–Crippen MR) is 81.3 cm³/mol. The van der Waals surface area contributed by atoms with Gasteiger partial charge in [-0.2, -0.15) is 0 Å². The fourth-order valence-electron chi connectivity index (χ4n) is 2.79. The minimum absolute atomic E-state index is 0.0496. The Balaban J connectivity index is 2.36. The van der Waals surface area contributed by atoms with Crippen molar-refractivity contribution < 1.29 is 27.6 Å². The van der Waals surface area contributed by atoms with E-state index in [1.165, 1.54) is 7.11 Å². The first-order valence-electron chi connectivity index (χ1n) is 7.64. The van der Waals surface area contributed by atoms with Crippen LogP contribution in [0.3, 0.4) is 0 Å². The molecule has 7 heteroatoms. The molecule has 0 fully saturated rings. The van der Waals surface area contributed by atoms with E-state index in [4.69, 9.17) is 18.2 Å². The molecular weight excluding hydrogens is 307 g/mol. The number of carbonyl (C=O) groups is 1.